The summed E-state index contributed by atoms with van der Waals surface area (Å²) >= 11 is 0. The molecule has 0 spiro atoms. The number of carbonyl (C=O) groups excluding carboxylic acids is 3. The number of nitriles is 1. The van der Waals surface area contributed by atoms with Crippen molar-refractivity contribution >= 4 is 29.2 Å². The van der Waals surface area contributed by atoms with E-state index in [9.17, 15) is 42.9 Å². The summed E-state index contributed by atoms with van der Waals surface area (Å²) in [6.07, 6.45) is -4.66. The van der Waals surface area contributed by atoms with Crippen LogP contribution in [0.1, 0.15) is 49.2 Å². The lowest BCUT2D eigenvalue weighted by atomic mass is 9.85. The smallest absolute Gasteiger partial charge is 0.416 e. The lowest BCUT2D eigenvalue weighted by Crippen LogP contribution is -2.23. The molecule has 0 fully saturated rings. The molecule has 0 saturated carbocycles. The van der Waals surface area contributed by atoms with Crippen molar-refractivity contribution in [2.45, 2.75) is 33.9 Å². The number of carbonyl (C=O) groups is 3. The van der Waals surface area contributed by atoms with Gasteiger partial charge in [0.2, 0.25) is 0 Å². The third-order valence-corrected chi connectivity index (χ3v) is 4.56. The van der Waals surface area contributed by atoms with Crippen LogP contribution in [-0.4, -0.2) is 22.6 Å². The quantitative estimate of drug-likeness (QED) is 0.0990. The maximum Gasteiger partial charge on any atom is 0.416 e. The third-order valence-electron chi connectivity index (χ3n) is 4.56. The van der Waals surface area contributed by atoms with E-state index in [0.717, 1.165) is 37.3 Å². The summed E-state index contributed by atoms with van der Waals surface area (Å²) in [5, 5.41) is 21.5. The first-order valence-electron chi connectivity index (χ1n) is 10.1. The second-order valence-corrected chi connectivity index (χ2v) is 8.39. The zero-order valence-electron chi connectivity index (χ0n) is 19.4. The van der Waals surface area contributed by atoms with Crippen LogP contribution >= 0.6 is 0 Å². The third kappa shape index (κ3) is 6.53. The number of ketones is 1. The molecule has 0 N–H and O–H groups in total. The van der Waals surface area contributed by atoms with Crippen LogP contribution in [-0.2, 0) is 20.5 Å². The number of halogens is 3. The van der Waals surface area contributed by atoms with E-state index in [4.69, 9.17) is 9.47 Å². The molecule has 0 amide bonds. The zero-order valence-corrected chi connectivity index (χ0v) is 19.4. The maximum absolute atomic E-state index is 12.9. The van der Waals surface area contributed by atoms with E-state index in [1.54, 1.807) is 6.07 Å². The number of alkyl halides is 3. The Hall–Kier alpha value is -4.53. The number of esters is 2. The molecule has 12 heteroatoms. The summed E-state index contributed by atoms with van der Waals surface area (Å²) in [7, 11) is 0. The molecule has 0 aromatic heterocycles. The van der Waals surface area contributed by atoms with Crippen molar-refractivity contribution in [2.24, 2.45) is 5.41 Å². The van der Waals surface area contributed by atoms with Gasteiger partial charge in [0.1, 0.15) is 17.4 Å². The number of benzene rings is 2. The highest BCUT2D eigenvalue weighted by atomic mass is 19.4. The fourth-order valence-corrected chi connectivity index (χ4v) is 2.85. The van der Waals surface area contributed by atoms with Gasteiger partial charge in [-0.3, -0.25) is 19.7 Å². The van der Waals surface area contributed by atoms with E-state index in [1.807, 2.05) is 0 Å². The number of nitrogens with zero attached hydrogens (tertiary/aromatic N) is 2. The van der Waals surface area contributed by atoms with Crippen molar-refractivity contribution in [3.63, 3.8) is 0 Å². The van der Waals surface area contributed by atoms with Gasteiger partial charge < -0.3 is 9.47 Å². The molecule has 0 aliphatic rings. The van der Waals surface area contributed by atoms with Gasteiger partial charge in [0, 0.05) is 12.3 Å². The number of hydrogen-bond acceptors (Lipinski definition) is 8. The van der Waals surface area contributed by atoms with Crippen LogP contribution in [0.5, 0.6) is 5.75 Å². The van der Waals surface area contributed by atoms with E-state index in [-0.39, 0.29) is 11.3 Å². The van der Waals surface area contributed by atoms with Crippen molar-refractivity contribution in [2.75, 3.05) is 0 Å². The Morgan fingerprint density at radius 1 is 1.03 bits per heavy atom. The number of nitro benzene ring substituents is 1. The molecule has 0 heterocycles. The van der Waals surface area contributed by atoms with E-state index < -0.39 is 62.4 Å². The standard InChI is InChI=1S/C24H19F3N2O7/c1-13(30)35-16-9-10-17(19(11-16)29(33)34)20(18(12-28)21(31)23(2,3)4)36-22(32)14-5-7-15(8-6-14)24(25,26)27/h5-11H,1-4H3/b20-18-. The van der Waals surface area contributed by atoms with Gasteiger partial charge in [0.05, 0.1) is 27.7 Å². The topological polar surface area (TPSA) is 137 Å². The average Bonchev–Trinajstić information content (AvgIpc) is 2.77. The Morgan fingerprint density at radius 2 is 1.61 bits per heavy atom. The zero-order chi connectivity index (χ0) is 27.4. The number of hydrogen-bond donors (Lipinski definition) is 0. The van der Waals surface area contributed by atoms with Gasteiger partial charge in [-0.25, -0.2) is 4.79 Å². The molecule has 2 rings (SSSR count). The van der Waals surface area contributed by atoms with Gasteiger partial charge in [-0.05, 0) is 36.4 Å². The summed E-state index contributed by atoms with van der Waals surface area (Å²) in [5.41, 5.74) is -4.55. The van der Waals surface area contributed by atoms with Crippen LogP contribution in [0.4, 0.5) is 18.9 Å². The Labute approximate surface area is 202 Å². The van der Waals surface area contributed by atoms with Crippen molar-refractivity contribution in [1.29, 1.82) is 5.26 Å². The average molecular weight is 504 g/mol. The number of nitro groups is 1. The summed E-state index contributed by atoms with van der Waals surface area (Å²) in [6, 6.07) is 7.45. The molecule has 36 heavy (non-hydrogen) atoms. The minimum atomic E-state index is -4.66. The normalized spacial score (nSPS) is 12.2. The van der Waals surface area contributed by atoms with Crippen LogP contribution < -0.4 is 4.74 Å². The number of rotatable bonds is 6. The highest BCUT2D eigenvalue weighted by Gasteiger charge is 2.34. The molecule has 0 radical (unpaired) electrons. The van der Waals surface area contributed by atoms with E-state index in [1.165, 1.54) is 20.8 Å². The van der Waals surface area contributed by atoms with Gasteiger partial charge in [0.15, 0.2) is 11.5 Å². The van der Waals surface area contributed by atoms with E-state index in [2.05, 4.69) is 0 Å². The van der Waals surface area contributed by atoms with Gasteiger partial charge in [-0.15, -0.1) is 0 Å². The molecule has 2 aromatic carbocycles. The molecular weight excluding hydrogens is 485 g/mol. The summed E-state index contributed by atoms with van der Waals surface area (Å²) < 4.78 is 48.6. The van der Waals surface area contributed by atoms with Crippen molar-refractivity contribution < 1.29 is 42.0 Å². The van der Waals surface area contributed by atoms with Crippen LogP contribution in [0.3, 0.4) is 0 Å². The highest BCUT2D eigenvalue weighted by molar-refractivity contribution is 6.10. The number of allylic oxidation sites excluding steroid dienone is 1. The molecule has 188 valence electrons. The van der Waals surface area contributed by atoms with Crippen LogP contribution in [0.25, 0.3) is 5.76 Å². The molecule has 0 bridgehead atoms. The first-order valence-corrected chi connectivity index (χ1v) is 10.1. The van der Waals surface area contributed by atoms with Gasteiger partial charge >= 0.3 is 18.1 Å². The van der Waals surface area contributed by atoms with Crippen molar-refractivity contribution in [3.8, 4) is 11.8 Å². The lowest BCUT2D eigenvalue weighted by molar-refractivity contribution is -0.385. The molecule has 0 atom stereocenters. The summed E-state index contributed by atoms with van der Waals surface area (Å²) in [5.74, 6) is -3.87. The van der Waals surface area contributed by atoms with Crippen LogP contribution in [0.15, 0.2) is 48.0 Å². The van der Waals surface area contributed by atoms with Gasteiger partial charge in [-0.1, -0.05) is 20.8 Å². The SMILES string of the molecule is CC(=O)Oc1ccc(/C(OC(=O)c2ccc(C(F)(F)F)cc2)=C(\C#N)C(=O)C(C)(C)C)c([N+](=O)[O-])c1. The minimum Gasteiger partial charge on any atom is -0.426 e. The Balaban J connectivity index is 2.72. The fourth-order valence-electron chi connectivity index (χ4n) is 2.85. The molecule has 0 saturated heterocycles. The Morgan fingerprint density at radius 3 is 2.06 bits per heavy atom. The molecule has 0 unspecified atom stereocenters. The van der Waals surface area contributed by atoms with Gasteiger partial charge in [0.25, 0.3) is 5.69 Å². The molecule has 9 nitrogen and oxygen atoms in total. The molecular formula is C24H19F3N2O7. The van der Waals surface area contributed by atoms with Crippen molar-refractivity contribution in [1.82, 2.24) is 0 Å². The molecule has 0 aliphatic carbocycles. The lowest BCUT2D eigenvalue weighted by Gasteiger charge is -2.18. The van der Waals surface area contributed by atoms with Gasteiger partial charge in [-0.2, -0.15) is 18.4 Å². The Kier molecular flexibility index (Phi) is 8.00. The first kappa shape index (κ1) is 27.7. The minimum absolute atomic E-state index is 0.230. The fraction of sp³-hybridized carbons (Fsp3) is 0.250. The molecule has 0 aliphatic heterocycles. The molecule has 2 aromatic rings. The summed E-state index contributed by atoms with van der Waals surface area (Å²) in [4.78, 5) is 47.8. The number of Topliss-reactive ketones (excluding diaryl/α,β-unsaturated/α-hetero) is 1. The Bertz CT molecular complexity index is 1300. The summed E-state index contributed by atoms with van der Waals surface area (Å²) in [6.45, 7) is 5.44. The second kappa shape index (κ2) is 10.4. The van der Waals surface area contributed by atoms with E-state index in [0.29, 0.717) is 12.1 Å². The monoisotopic (exact) mass is 504 g/mol. The number of ether oxygens (including phenoxy) is 2. The van der Waals surface area contributed by atoms with Crippen molar-refractivity contribution in [3.05, 3.63) is 74.8 Å². The first-order chi connectivity index (χ1) is 16.6. The second-order valence-electron chi connectivity index (χ2n) is 8.39. The largest absolute Gasteiger partial charge is 0.426 e. The predicted octanol–water partition coefficient (Wildman–Crippen LogP) is 5.25. The highest BCUT2D eigenvalue weighted by Crippen LogP contribution is 2.36. The van der Waals surface area contributed by atoms with Crippen LogP contribution in [0.2, 0.25) is 0 Å². The predicted molar refractivity (Wildman–Crippen MR) is 118 cm³/mol. The van der Waals surface area contributed by atoms with E-state index >= 15 is 0 Å². The maximum atomic E-state index is 12.9. The van der Waals surface area contributed by atoms with Crippen LogP contribution in [0, 0.1) is 26.9 Å².